The van der Waals surface area contributed by atoms with Crippen LogP contribution in [0.3, 0.4) is 0 Å². The SMILES string of the molecule is COc1ccc(Cn2cnc3c(F)cc(Br)cc3c2=O)cc1. The van der Waals surface area contributed by atoms with E-state index in [1.54, 1.807) is 13.2 Å². The van der Waals surface area contributed by atoms with Gasteiger partial charge in [-0.3, -0.25) is 9.36 Å². The predicted octanol–water partition coefficient (Wildman–Crippen LogP) is 3.36. The molecule has 112 valence electrons. The third-order valence-corrected chi connectivity index (χ3v) is 3.82. The van der Waals surface area contributed by atoms with E-state index in [0.29, 0.717) is 11.0 Å². The summed E-state index contributed by atoms with van der Waals surface area (Å²) in [5.41, 5.74) is 0.736. The number of hydrogen-bond acceptors (Lipinski definition) is 3. The quantitative estimate of drug-likeness (QED) is 0.717. The summed E-state index contributed by atoms with van der Waals surface area (Å²) in [4.78, 5) is 16.5. The van der Waals surface area contributed by atoms with Gasteiger partial charge in [0, 0.05) is 4.47 Å². The molecule has 0 aliphatic heterocycles. The largest absolute Gasteiger partial charge is 0.497 e. The van der Waals surface area contributed by atoms with Crippen LogP contribution in [0.2, 0.25) is 0 Å². The zero-order valence-corrected chi connectivity index (χ0v) is 13.3. The number of methoxy groups -OCH3 is 1. The van der Waals surface area contributed by atoms with E-state index in [0.717, 1.165) is 11.3 Å². The van der Waals surface area contributed by atoms with Crippen LogP contribution >= 0.6 is 15.9 Å². The molecule has 0 fully saturated rings. The molecule has 3 rings (SSSR count). The first kappa shape index (κ1) is 14.7. The fourth-order valence-electron chi connectivity index (χ4n) is 2.24. The van der Waals surface area contributed by atoms with E-state index >= 15 is 0 Å². The summed E-state index contributed by atoms with van der Waals surface area (Å²) >= 11 is 3.19. The lowest BCUT2D eigenvalue weighted by Gasteiger charge is -2.08. The number of hydrogen-bond donors (Lipinski definition) is 0. The van der Waals surface area contributed by atoms with E-state index in [9.17, 15) is 9.18 Å². The number of halogens is 2. The van der Waals surface area contributed by atoms with Crippen LogP contribution in [0, 0.1) is 5.82 Å². The summed E-state index contributed by atoms with van der Waals surface area (Å²) in [5, 5.41) is 0.253. The Labute approximate surface area is 134 Å². The van der Waals surface area contributed by atoms with Gasteiger partial charge in [-0.2, -0.15) is 0 Å². The van der Waals surface area contributed by atoms with Gasteiger partial charge in [-0.05, 0) is 29.8 Å². The van der Waals surface area contributed by atoms with Crippen molar-refractivity contribution >= 4 is 26.8 Å². The third-order valence-electron chi connectivity index (χ3n) is 3.36. The Hall–Kier alpha value is -2.21. The molecular formula is C16H12BrFN2O2. The van der Waals surface area contributed by atoms with Crippen LogP contribution in [-0.2, 0) is 6.54 Å². The minimum absolute atomic E-state index is 0.0826. The number of fused-ring (bicyclic) bond motifs is 1. The summed E-state index contributed by atoms with van der Waals surface area (Å²) < 4.78 is 20.9. The highest BCUT2D eigenvalue weighted by Gasteiger charge is 2.10. The van der Waals surface area contributed by atoms with Crippen LogP contribution in [0.15, 0.2) is 52.0 Å². The fourth-order valence-corrected chi connectivity index (χ4v) is 2.66. The lowest BCUT2D eigenvalue weighted by Crippen LogP contribution is -2.21. The minimum Gasteiger partial charge on any atom is -0.497 e. The fraction of sp³-hybridized carbons (Fsp3) is 0.125. The summed E-state index contributed by atoms with van der Waals surface area (Å²) in [6, 6.07) is 10.3. The zero-order valence-electron chi connectivity index (χ0n) is 11.7. The van der Waals surface area contributed by atoms with Crippen LogP contribution in [0.4, 0.5) is 4.39 Å². The molecule has 1 aromatic heterocycles. The smallest absolute Gasteiger partial charge is 0.261 e. The molecule has 0 aliphatic rings. The molecule has 0 saturated carbocycles. The van der Waals surface area contributed by atoms with Gasteiger partial charge in [0.1, 0.15) is 11.3 Å². The lowest BCUT2D eigenvalue weighted by atomic mass is 10.2. The molecule has 0 unspecified atom stereocenters. The molecule has 0 radical (unpaired) electrons. The van der Waals surface area contributed by atoms with E-state index < -0.39 is 5.82 Å². The Morgan fingerprint density at radius 2 is 2.00 bits per heavy atom. The van der Waals surface area contributed by atoms with Crippen LogP contribution in [0.25, 0.3) is 10.9 Å². The Morgan fingerprint density at radius 3 is 2.68 bits per heavy atom. The Bertz CT molecular complexity index is 891. The second-order valence-corrected chi connectivity index (χ2v) is 5.73. The first-order valence-corrected chi connectivity index (χ1v) is 7.35. The third kappa shape index (κ3) is 2.74. The number of benzene rings is 2. The number of nitrogens with zero attached hydrogens (tertiary/aromatic N) is 2. The maximum Gasteiger partial charge on any atom is 0.261 e. The molecule has 3 aromatic rings. The highest BCUT2D eigenvalue weighted by molar-refractivity contribution is 9.10. The monoisotopic (exact) mass is 362 g/mol. The molecule has 0 aliphatic carbocycles. The van der Waals surface area contributed by atoms with Crippen molar-refractivity contribution in [1.29, 1.82) is 0 Å². The average molecular weight is 363 g/mol. The molecule has 0 saturated heterocycles. The van der Waals surface area contributed by atoms with Gasteiger partial charge in [-0.15, -0.1) is 0 Å². The van der Waals surface area contributed by atoms with Crippen molar-refractivity contribution in [3.05, 3.63) is 68.9 Å². The topological polar surface area (TPSA) is 44.1 Å². The molecule has 0 amide bonds. The van der Waals surface area contributed by atoms with E-state index in [1.165, 1.54) is 17.0 Å². The lowest BCUT2D eigenvalue weighted by molar-refractivity contribution is 0.414. The van der Waals surface area contributed by atoms with E-state index in [1.807, 2.05) is 24.3 Å². The van der Waals surface area contributed by atoms with Crippen molar-refractivity contribution in [3.8, 4) is 5.75 Å². The first-order chi connectivity index (χ1) is 10.6. The van der Waals surface area contributed by atoms with E-state index in [-0.39, 0.29) is 16.5 Å². The molecule has 22 heavy (non-hydrogen) atoms. The minimum atomic E-state index is -0.516. The molecule has 0 atom stereocenters. The van der Waals surface area contributed by atoms with Crippen LogP contribution in [0.5, 0.6) is 5.75 Å². The molecule has 0 bridgehead atoms. The van der Waals surface area contributed by atoms with Crippen LogP contribution in [0.1, 0.15) is 5.56 Å². The van der Waals surface area contributed by atoms with Gasteiger partial charge in [-0.1, -0.05) is 28.1 Å². The van der Waals surface area contributed by atoms with Crippen molar-refractivity contribution in [1.82, 2.24) is 9.55 Å². The van der Waals surface area contributed by atoms with Gasteiger partial charge >= 0.3 is 0 Å². The predicted molar refractivity (Wildman–Crippen MR) is 85.8 cm³/mol. The molecule has 0 spiro atoms. The van der Waals surface area contributed by atoms with Crippen molar-refractivity contribution < 1.29 is 9.13 Å². The van der Waals surface area contributed by atoms with Gasteiger partial charge in [0.2, 0.25) is 0 Å². The van der Waals surface area contributed by atoms with Crippen LogP contribution in [-0.4, -0.2) is 16.7 Å². The molecule has 2 aromatic carbocycles. The maximum absolute atomic E-state index is 13.8. The number of ether oxygens (including phenoxy) is 1. The Balaban J connectivity index is 2.04. The van der Waals surface area contributed by atoms with Gasteiger partial charge in [0.15, 0.2) is 5.82 Å². The molecular weight excluding hydrogens is 351 g/mol. The summed E-state index contributed by atoms with van der Waals surface area (Å²) in [6.07, 6.45) is 1.37. The summed E-state index contributed by atoms with van der Waals surface area (Å²) in [5.74, 6) is 0.233. The molecule has 4 nitrogen and oxygen atoms in total. The normalized spacial score (nSPS) is 10.9. The average Bonchev–Trinajstić information content (AvgIpc) is 2.51. The highest BCUT2D eigenvalue weighted by atomic mass is 79.9. The standard InChI is InChI=1S/C16H12BrFN2O2/c1-22-12-4-2-10(3-5-12)8-20-9-19-15-13(16(20)21)6-11(17)7-14(15)18/h2-7,9H,8H2,1H3. The first-order valence-electron chi connectivity index (χ1n) is 6.55. The second kappa shape index (κ2) is 5.88. The molecule has 1 heterocycles. The van der Waals surface area contributed by atoms with Gasteiger partial charge in [0.25, 0.3) is 5.56 Å². The van der Waals surface area contributed by atoms with Gasteiger partial charge < -0.3 is 4.74 Å². The Kier molecular flexibility index (Phi) is 3.94. The van der Waals surface area contributed by atoms with Crippen molar-refractivity contribution in [2.45, 2.75) is 6.54 Å². The number of rotatable bonds is 3. The van der Waals surface area contributed by atoms with E-state index in [2.05, 4.69) is 20.9 Å². The molecule has 0 N–H and O–H groups in total. The van der Waals surface area contributed by atoms with Gasteiger partial charge in [-0.25, -0.2) is 9.37 Å². The van der Waals surface area contributed by atoms with Gasteiger partial charge in [0.05, 0.1) is 25.4 Å². The van der Waals surface area contributed by atoms with E-state index in [4.69, 9.17) is 4.74 Å². The van der Waals surface area contributed by atoms with Crippen molar-refractivity contribution in [2.75, 3.05) is 7.11 Å². The summed E-state index contributed by atoms with van der Waals surface area (Å²) in [6.45, 7) is 0.361. The Morgan fingerprint density at radius 1 is 1.27 bits per heavy atom. The second-order valence-electron chi connectivity index (χ2n) is 4.81. The zero-order chi connectivity index (χ0) is 15.7. The van der Waals surface area contributed by atoms with Crippen LogP contribution < -0.4 is 10.3 Å². The van der Waals surface area contributed by atoms with Crippen molar-refractivity contribution in [3.63, 3.8) is 0 Å². The molecule has 6 heteroatoms. The maximum atomic E-state index is 13.8. The van der Waals surface area contributed by atoms with Crippen molar-refractivity contribution in [2.24, 2.45) is 0 Å². The number of aromatic nitrogens is 2. The summed E-state index contributed by atoms with van der Waals surface area (Å²) in [7, 11) is 1.60. The highest BCUT2D eigenvalue weighted by Crippen LogP contribution is 2.19.